The molecule has 1 unspecified atom stereocenters. The summed E-state index contributed by atoms with van der Waals surface area (Å²) in [5, 5.41) is 16.9. The molecule has 0 spiro atoms. The predicted molar refractivity (Wildman–Crippen MR) is 85.7 cm³/mol. The maximum absolute atomic E-state index is 12.3. The van der Waals surface area contributed by atoms with E-state index in [4.69, 9.17) is 0 Å². The zero-order chi connectivity index (χ0) is 16.4. The van der Waals surface area contributed by atoms with E-state index >= 15 is 0 Å². The molecule has 1 atom stereocenters. The van der Waals surface area contributed by atoms with E-state index in [1.807, 2.05) is 6.20 Å². The first-order chi connectivity index (χ1) is 11.8. The van der Waals surface area contributed by atoms with Crippen LogP contribution in [0.2, 0.25) is 0 Å². The third-order valence-electron chi connectivity index (χ3n) is 4.02. The number of amides is 2. The third kappa shape index (κ3) is 2.83. The zero-order valence-electron chi connectivity index (χ0n) is 12.8. The minimum atomic E-state index is -0.263. The molecule has 3 aromatic rings. The minimum absolute atomic E-state index is 0.0848. The second-order valence-corrected chi connectivity index (χ2v) is 5.63. The standard InChI is InChI=1S/C15H16N8O/c24-15(20-11-3-4-12-10(6-11)7-18-22-12)21-13-2-1-5-17-14(13)23-9-16-8-19-23/h1-2,5,7-9,11H,3-4,6H2,(H,18,22)(H2,20,21,24). The molecule has 0 aromatic carbocycles. The van der Waals surface area contributed by atoms with Crippen molar-refractivity contribution in [1.82, 2.24) is 35.3 Å². The Kier molecular flexibility index (Phi) is 3.66. The van der Waals surface area contributed by atoms with Gasteiger partial charge in [-0.2, -0.15) is 10.2 Å². The smallest absolute Gasteiger partial charge is 0.319 e. The molecule has 0 saturated carbocycles. The van der Waals surface area contributed by atoms with E-state index in [1.165, 1.54) is 17.3 Å². The van der Waals surface area contributed by atoms with Crippen LogP contribution in [-0.4, -0.2) is 42.0 Å². The van der Waals surface area contributed by atoms with Crippen LogP contribution in [0, 0.1) is 0 Å². The van der Waals surface area contributed by atoms with Crippen molar-refractivity contribution in [3.05, 3.63) is 48.4 Å². The molecule has 122 valence electrons. The van der Waals surface area contributed by atoms with Gasteiger partial charge < -0.3 is 10.6 Å². The molecule has 3 N–H and O–H groups in total. The van der Waals surface area contributed by atoms with Gasteiger partial charge in [-0.15, -0.1) is 0 Å². The van der Waals surface area contributed by atoms with Crippen molar-refractivity contribution in [1.29, 1.82) is 0 Å². The average Bonchev–Trinajstić information content (AvgIpc) is 3.26. The first kappa shape index (κ1) is 14.4. The van der Waals surface area contributed by atoms with Crippen LogP contribution in [0.15, 0.2) is 37.2 Å². The van der Waals surface area contributed by atoms with Gasteiger partial charge in [0.15, 0.2) is 5.82 Å². The number of hydrogen-bond donors (Lipinski definition) is 3. The van der Waals surface area contributed by atoms with Crippen molar-refractivity contribution in [2.45, 2.75) is 25.3 Å². The zero-order valence-corrected chi connectivity index (χ0v) is 12.8. The lowest BCUT2D eigenvalue weighted by atomic mass is 9.94. The number of H-pyrrole nitrogens is 1. The number of nitrogens with one attached hydrogen (secondary N) is 3. The number of aromatic nitrogens is 6. The van der Waals surface area contributed by atoms with Crippen LogP contribution in [0.25, 0.3) is 5.82 Å². The molecule has 9 heteroatoms. The Balaban J connectivity index is 1.44. The van der Waals surface area contributed by atoms with Gasteiger partial charge in [0.05, 0.1) is 11.9 Å². The van der Waals surface area contributed by atoms with Gasteiger partial charge in [0.1, 0.15) is 12.7 Å². The Morgan fingerprint density at radius 3 is 3.25 bits per heavy atom. The molecular formula is C15H16N8O. The van der Waals surface area contributed by atoms with Gasteiger partial charge in [0.25, 0.3) is 0 Å². The Bertz CT molecular complexity index is 841. The van der Waals surface area contributed by atoms with Gasteiger partial charge in [-0.3, -0.25) is 5.10 Å². The molecule has 4 rings (SSSR count). The highest BCUT2D eigenvalue weighted by molar-refractivity contribution is 5.91. The number of hydrogen-bond acceptors (Lipinski definition) is 5. The molecule has 1 aliphatic rings. The Morgan fingerprint density at radius 1 is 1.42 bits per heavy atom. The summed E-state index contributed by atoms with van der Waals surface area (Å²) < 4.78 is 1.51. The molecule has 0 bridgehead atoms. The Hall–Kier alpha value is -3.23. The van der Waals surface area contributed by atoms with Crippen LogP contribution in [-0.2, 0) is 12.8 Å². The molecule has 3 aromatic heterocycles. The van der Waals surface area contributed by atoms with Crippen molar-refractivity contribution >= 4 is 11.7 Å². The van der Waals surface area contributed by atoms with Crippen LogP contribution in [0.5, 0.6) is 0 Å². The van der Waals surface area contributed by atoms with Crippen molar-refractivity contribution in [3.63, 3.8) is 0 Å². The number of fused-ring (bicyclic) bond motifs is 1. The third-order valence-corrected chi connectivity index (χ3v) is 4.02. The molecule has 2 amide bonds. The van der Waals surface area contributed by atoms with E-state index in [9.17, 15) is 4.79 Å². The number of carbonyl (C=O) groups is 1. The largest absolute Gasteiger partial charge is 0.335 e. The molecule has 0 fully saturated rings. The van der Waals surface area contributed by atoms with Crippen LogP contribution < -0.4 is 10.6 Å². The molecule has 0 saturated heterocycles. The summed E-state index contributed by atoms with van der Waals surface area (Å²) in [6.07, 6.45) is 8.97. The van der Waals surface area contributed by atoms with Gasteiger partial charge in [-0.05, 0) is 37.0 Å². The number of aryl methyl sites for hydroxylation is 1. The number of carbonyl (C=O) groups excluding carboxylic acids is 1. The summed E-state index contributed by atoms with van der Waals surface area (Å²) in [5.41, 5.74) is 2.89. The number of aromatic amines is 1. The molecule has 24 heavy (non-hydrogen) atoms. The SMILES string of the molecule is O=C(Nc1cccnc1-n1cncn1)NC1CCc2[nH]ncc2C1. The molecule has 1 aliphatic carbocycles. The lowest BCUT2D eigenvalue weighted by molar-refractivity contribution is 0.247. The second kappa shape index (κ2) is 6.11. The van der Waals surface area contributed by atoms with E-state index in [1.54, 1.807) is 18.3 Å². The normalized spacial score (nSPS) is 16.4. The summed E-state index contributed by atoms with van der Waals surface area (Å²) in [6, 6.07) is 3.36. The summed E-state index contributed by atoms with van der Waals surface area (Å²) in [7, 11) is 0. The van der Waals surface area contributed by atoms with E-state index in [-0.39, 0.29) is 12.1 Å². The van der Waals surface area contributed by atoms with E-state index < -0.39 is 0 Å². The number of anilines is 1. The topological polar surface area (TPSA) is 113 Å². The van der Waals surface area contributed by atoms with Gasteiger partial charge in [0.2, 0.25) is 0 Å². The maximum atomic E-state index is 12.3. The summed E-state index contributed by atoms with van der Waals surface area (Å²) in [6.45, 7) is 0. The number of urea groups is 1. The number of nitrogens with zero attached hydrogens (tertiary/aromatic N) is 5. The quantitative estimate of drug-likeness (QED) is 0.667. The fourth-order valence-electron chi connectivity index (χ4n) is 2.88. The fraction of sp³-hybridized carbons (Fsp3) is 0.267. The molecule has 3 heterocycles. The lowest BCUT2D eigenvalue weighted by Gasteiger charge is -2.23. The predicted octanol–water partition coefficient (Wildman–Crippen LogP) is 1.06. The van der Waals surface area contributed by atoms with Crippen LogP contribution in [0.3, 0.4) is 0 Å². The van der Waals surface area contributed by atoms with E-state index in [2.05, 4.69) is 35.9 Å². The summed E-state index contributed by atoms with van der Waals surface area (Å²) >= 11 is 0. The van der Waals surface area contributed by atoms with Crippen LogP contribution in [0.4, 0.5) is 10.5 Å². The van der Waals surface area contributed by atoms with Crippen LogP contribution in [0.1, 0.15) is 17.7 Å². The first-order valence-electron chi connectivity index (χ1n) is 7.68. The molecule has 0 aliphatic heterocycles. The van der Waals surface area contributed by atoms with E-state index in [0.29, 0.717) is 11.5 Å². The van der Waals surface area contributed by atoms with Gasteiger partial charge in [0, 0.05) is 17.9 Å². The molecular weight excluding hydrogens is 308 g/mol. The average molecular weight is 324 g/mol. The first-order valence-corrected chi connectivity index (χ1v) is 7.68. The second-order valence-electron chi connectivity index (χ2n) is 5.63. The maximum Gasteiger partial charge on any atom is 0.319 e. The summed E-state index contributed by atoms with van der Waals surface area (Å²) in [4.78, 5) is 20.5. The highest BCUT2D eigenvalue weighted by Gasteiger charge is 2.22. The Labute approximate surface area is 137 Å². The number of pyridine rings is 1. The fourth-order valence-corrected chi connectivity index (χ4v) is 2.88. The van der Waals surface area contributed by atoms with Gasteiger partial charge >= 0.3 is 6.03 Å². The highest BCUT2D eigenvalue weighted by Crippen LogP contribution is 2.19. The lowest BCUT2D eigenvalue weighted by Crippen LogP contribution is -2.41. The van der Waals surface area contributed by atoms with E-state index in [0.717, 1.165) is 30.5 Å². The van der Waals surface area contributed by atoms with Crippen LogP contribution >= 0.6 is 0 Å². The van der Waals surface area contributed by atoms with Crippen molar-refractivity contribution in [2.24, 2.45) is 0 Å². The van der Waals surface area contributed by atoms with Gasteiger partial charge in [-0.25, -0.2) is 19.4 Å². The van der Waals surface area contributed by atoms with Crippen molar-refractivity contribution < 1.29 is 4.79 Å². The monoisotopic (exact) mass is 324 g/mol. The van der Waals surface area contributed by atoms with Gasteiger partial charge in [-0.1, -0.05) is 0 Å². The Morgan fingerprint density at radius 2 is 2.38 bits per heavy atom. The summed E-state index contributed by atoms with van der Waals surface area (Å²) in [5.74, 6) is 0.519. The minimum Gasteiger partial charge on any atom is -0.335 e. The molecule has 9 nitrogen and oxygen atoms in total. The number of rotatable bonds is 3. The highest BCUT2D eigenvalue weighted by atomic mass is 16.2. The molecule has 0 radical (unpaired) electrons. The van der Waals surface area contributed by atoms with Crippen molar-refractivity contribution in [2.75, 3.05) is 5.32 Å². The van der Waals surface area contributed by atoms with Crippen molar-refractivity contribution in [3.8, 4) is 5.82 Å².